The number of ether oxygens (including phenoxy) is 1. The second-order valence-corrected chi connectivity index (χ2v) is 6.64. The average molecular weight is 394 g/mol. The standard InChI is InChI=1S/C22H22N2O5/c1-2-23(14-16-6-4-3-5-7-16)21(27)15-29-22(28)17-8-10-18(11-9-17)24-19(25)12-13-20(24)26/h3-11H,2,12-15H2,1H3. The molecule has 1 fully saturated rings. The van der Waals surface area contributed by atoms with Crippen molar-refractivity contribution in [1.29, 1.82) is 0 Å². The van der Waals surface area contributed by atoms with Crippen LogP contribution in [-0.4, -0.2) is 41.7 Å². The topological polar surface area (TPSA) is 84.0 Å². The molecule has 0 spiro atoms. The van der Waals surface area contributed by atoms with Gasteiger partial charge in [-0.25, -0.2) is 4.79 Å². The summed E-state index contributed by atoms with van der Waals surface area (Å²) in [6.07, 6.45) is 0.392. The Labute approximate surface area is 168 Å². The SMILES string of the molecule is CCN(Cc1ccccc1)C(=O)COC(=O)c1ccc(N2C(=O)CCC2=O)cc1. The molecule has 0 saturated carbocycles. The number of likely N-dealkylation sites (N-methyl/N-ethyl adjacent to an activating group) is 1. The average Bonchev–Trinajstić information content (AvgIpc) is 3.08. The van der Waals surface area contributed by atoms with E-state index in [2.05, 4.69) is 0 Å². The van der Waals surface area contributed by atoms with Crippen LogP contribution in [0.1, 0.15) is 35.7 Å². The molecule has 1 heterocycles. The molecule has 0 radical (unpaired) electrons. The molecule has 0 unspecified atom stereocenters. The van der Waals surface area contributed by atoms with Crippen LogP contribution in [0.25, 0.3) is 0 Å². The third kappa shape index (κ3) is 4.87. The summed E-state index contributed by atoms with van der Waals surface area (Å²) in [6, 6.07) is 15.6. The molecular formula is C22H22N2O5. The van der Waals surface area contributed by atoms with Crippen LogP contribution in [-0.2, 0) is 25.7 Å². The summed E-state index contributed by atoms with van der Waals surface area (Å²) in [5, 5.41) is 0. The number of hydrogen-bond donors (Lipinski definition) is 0. The first-order valence-electron chi connectivity index (χ1n) is 9.44. The summed E-state index contributed by atoms with van der Waals surface area (Å²) in [4.78, 5) is 50.9. The number of anilines is 1. The summed E-state index contributed by atoms with van der Waals surface area (Å²) >= 11 is 0. The van der Waals surface area contributed by atoms with E-state index in [9.17, 15) is 19.2 Å². The van der Waals surface area contributed by atoms with Crippen LogP contribution in [0.15, 0.2) is 54.6 Å². The van der Waals surface area contributed by atoms with Crippen molar-refractivity contribution in [2.75, 3.05) is 18.1 Å². The Morgan fingerprint density at radius 3 is 2.17 bits per heavy atom. The number of carbonyl (C=O) groups is 4. The van der Waals surface area contributed by atoms with Gasteiger partial charge in [0.25, 0.3) is 5.91 Å². The fourth-order valence-electron chi connectivity index (χ4n) is 3.09. The number of hydrogen-bond acceptors (Lipinski definition) is 5. The van der Waals surface area contributed by atoms with Gasteiger partial charge in [-0.2, -0.15) is 0 Å². The number of benzene rings is 2. The monoisotopic (exact) mass is 394 g/mol. The van der Waals surface area contributed by atoms with E-state index >= 15 is 0 Å². The lowest BCUT2D eigenvalue weighted by Crippen LogP contribution is -2.34. The lowest BCUT2D eigenvalue weighted by molar-refractivity contribution is -0.135. The van der Waals surface area contributed by atoms with Crippen molar-refractivity contribution >= 4 is 29.4 Å². The van der Waals surface area contributed by atoms with Gasteiger partial charge in [0.2, 0.25) is 11.8 Å². The van der Waals surface area contributed by atoms with Crippen LogP contribution >= 0.6 is 0 Å². The Morgan fingerprint density at radius 2 is 1.59 bits per heavy atom. The zero-order valence-electron chi connectivity index (χ0n) is 16.2. The van der Waals surface area contributed by atoms with Gasteiger partial charge in [0.15, 0.2) is 6.61 Å². The maximum absolute atomic E-state index is 12.4. The molecule has 7 heteroatoms. The number of amides is 3. The largest absolute Gasteiger partial charge is 0.452 e. The van der Waals surface area contributed by atoms with Crippen molar-refractivity contribution in [3.8, 4) is 0 Å². The summed E-state index contributed by atoms with van der Waals surface area (Å²) in [6.45, 7) is 2.45. The van der Waals surface area contributed by atoms with Crippen molar-refractivity contribution in [1.82, 2.24) is 4.90 Å². The Morgan fingerprint density at radius 1 is 0.966 bits per heavy atom. The van der Waals surface area contributed by atoms with Gasteiger partial charge in [-0.1, -0.05) is 30.3 Å². The van der Waals surface area contributed by atoms with Gasteiger partial charge in [0.1, 0.15) is 0 Å². The minimum absolute atomic E-state index is 0.196. The molecule has 29 heavy (non-hydrogen) atoms. The zero-order valence-corrected chi connectivity index (χ0v) is 16.2. The predicted molar refractivity (Wildman–Crippen MR) is 106 cm³/mol. The van der Waals surface area contributed by atoms with Crippen molar-refractivity contribution in [2.24, 2.45) is 0 Å². The molecule has 2 aromatic carbocycles. The summed E-state index contributed by atoms with van der Waals surface area (Å²) in [5.41, 5.74) is 1.66. The van der Waals surface area contributed by atoms with Crippen LogP contribution in [0.5, 0.6) is 0 Å². The molecule has 0 aromatic heterocycles. The van der Waals surface area contributed by atoms with Crippen LogP contribution in [0.2, 0.25) is 0 Å². The molecule has 150 valence electrons. The summed E-state index contributed by atoms with van der Waals surface area (Å²) in [5.74, 6) is -1.43. The molecule has 0 bridgehead atoms. The molecule has 0 aliphatic carbocycles. The Kier molecular flexibility index (Phi) is 6.39. The number of carbonyl (C=O) groups excluding carboxylic acids is 4. The second-order valence-electron chi connectivity index (χ2n) is 6.64. The van der Waals surface area contributed by atoms with Crippen LogP contribution in [0, 0.1) is 0 Å². The van der Waals surface area contributed by atoms with E-state index in [1.54, 1.807) is 4.90 Å². The lowest BCUT2D eigenvalue weighted by atomic mass is 10.2. The maximum Gasteiger partial charge on any atom is 0.338 e. The number of rotatable bonds is 7. The van der Waals surface area contributed by atoms with E-state index < -0.39 is 5.97 Å². The molecule has 0 N–H and O–H groups in total. The van der Waals surface area contributed by atoms with E-state index in [0.717, 1.165) is 10.5 Å². The molecule has 1 saturated heterocycles. The molecule has 2 aromatic rings. The van der Waals surface area contributed by atoms with Gasteiger partial charge in [-0.3, -0.25) is 19.3 Å². The molecule has 3 rings (SSSR count). The van der Waals surface area contributed by atoms with Crippen LogP contribution in [0.4, 0.5) is 5.69 Å². The van der Waals surface area contributed by atoms with E-state index in [4.69, 9.17) is 4.74 Å². The predicted octanol–water partition coefficient (Wildman–Crippen LogP) is 2.55. The third-order valence-corrected chi connectivity index (χ3v) is 4.69. The van der Waals surface area contributed by atoms with E-state index in [0.29, 0.717) is 18.8 Å². The number of imide groups is 1. The zero-order chi connectivity index (χ0) is 20.8. The van der Waals surface area contributed by atoms with Gasteiger partial charge in [-0.05, 0) is 36.8 Å². The van der Waals surface area contributed by atoms with E-state index in [1.165, 1.54) is 24.3 Å². The summed E-state index contributed by atoms with van der Waals surface area (Å²) < 4.78 is 5.14. The van der Waals surface area contributed by atoms with Crippen molar-refractivity contribution in [2.45, 2.75) is 26.3 Å². The van der Waals surface area contributed by atoms with Crippen molar-refractivity contribution < 1.29 is 23.9 Å². The molecular weight excluding hydrogens is 372 g/mol. The first kappa shape index (κ1) is 20.3. The number of esters is 1. The second kappa shape index (κ2) is 9.14. The fraction of sp³-hybridized carbons (Fsp3) is 0.273. The summed E-state index contributed by atoms with van der Waals surface area (Å²) in [7, 11) is 0. The fourth-order valence-corrected chi connectivity index (χ4v) is 3.09. The van der Waals surface area contributed by atoms with Crippen molar-refractivity contribution in [3.05, 3.63) is 65.7 Å². The van der Waals surface area contributed by atoms with E-state index in [-0.39, 0.29) is 42.7 Å². The third-order valence-electron chi connectivity index (χ3n) is 4.69. The highest BCUT2D eigenvalue weighted by atomic mass is 16.5. The highest BCUT2D eigenvalue weighted by molar-refractivity contribution is 6.19. The lowest BCUT2D eigenvalue weighted by Gasteiger charge is -2.21. The Balaban J connectivity index is 1.56. The van der Waals surface area contributed by atoms with E-state index in [1.807, 2.05) is 37.3 Å². The molecule has 0 atom stereocenters. The smallest absolute Gasteiger partial charge is 0.338 e. The van der Waals surface area contributed by atoms with Gasteiger partial charge in [0.05, 0.1) is 11.3 Å². The first-order chi connectivity index (χ1) is 14.0. The molecule has 1 aliphatic heterocycles. The quantitative estimate of drug-likeness (QED) is 0.532. The minimum Gasteiger partial charge on any atom is -0.452 e. The maximum atomic E-state index is 12.4. The first-order valence-corrected chi connectivity index (χ1v) is 9.44. The highest BCUT2D eigenvalue weighted by Crippen LogP contribution is 2.23. The van der Waals surface area contributed by atoms with Gasteiger partial charge in [-0.15, -0.1) is 0 Å². The van der Waals surface area contributed by atoms with Gasteiger partial charge >= 0.3 is 5.97 Å². The minimum atomic E-state index is -0.639. The Hall–Kier alpha value is -3.48. The van der Waals surface area contributed by atoms with Gasteiger partial charge < -0.3 is 9.64 Å². The van der Waals surface area contributed by atoms with Crippen LogP contribution in [0.3, 0.4) is 0 Å². The molecule has 3 amide bonds. The molecule has 1 aliphatic rings. The van der Waals surface area contributed by atoms with Gasteiger partial charge in [0, 0.05) is 25.9 Å². The Bertz CT molecular complexity index is 893. The molecule has 7 nitrogen and oxygen atoms in total. The highest BCUT2D eigenvalue weighted by Gasteiger charge is 2.30. The van der Waals surface area contributed by atoms with Crippen LogP contribution < -0.4 is 4.90 Å². The van der Waals surface area contributed by atoms with Crippen molar-refractivity contribution in [3.63, 3.8) is 0 Å². The number of nitrogens with zero attached hydrogens (tertiary/aromatic N) is 2. The normalized spacial score (nSPS) is 13.5.